The molecule has 218 valence electrons. The lowest BCUT2D eigenvalue weighted by Crippen LogP contribution is -2.50. The van der Waals surface area contributed by atoms with Crippen LogP contribution in [0.15, 0.2) is 48.8 Å². The van der Waals surface area contributed by atoms with Crippen LogP contribution in [0.1, 0.15) is 52.5 Å². The normalized spacial score (nSPS) is 14.3. The van der Waals surface area contributed by atoms with E-state index < -0.39 is 47.4 Å². The van der Waals surface area contributed by atoms with E-state index in [1.165, 1.54) is 24.4 Å². The first-order valence-electron chi connectivity index (χ1n) is 12.9. The van der Waals surface area contributed by atoms with Crippen molar-refractivity contribution in [2.75, 3.05) is 5.32 Å². The molecule has 3 rings (SSSR count). The molecule has 0 saturated heterocycles. The van der Waals surface area contributed by atoms with Gasteiger partial charge in [-0.2, -0.15) is 23.4 Å². The largest absolute Gasteiger partial charge is 0.444 e. The maximum absolute atomic E-state index is 12.9. The predicted molar refractivity (Wildman–Crippen MR) is 142 cm³/mol. The molecule has 4 N–H and O–H groups in total. The molecule has 1 aromatic carbocycles. The number of amides is 2. The highest BCUT2D eigenvalue weighted by molar-refractivity contribution is 5.94. The summed E-state index contributed by atoms with van der Waals surface area (Å²) in [5.74, 6) is -0.395. The minimum atomic E-state index is -4.43. The lowest BCUT2D eigenvalue weighted by atomic mass is 9.89. The Hall–Kier alpha value is -3.87. The van der Waals surface area contributed by atoms with Crippen molar-refractivity contribution in [2.24, 2.45) is 5.41 Å². The van der Waals surface area contributed by atoms with E-state index in [4.69, 9.17) is 4.74 Å². The number of alkyl carbamates (subject to hydrolysis) is 1. The zero-order valence-corrected chi connectivity index (χ0v) is 22.8. The molecule has 0 aliphatic rings. The van der Waals surface area contributed by atoms with Gasteiger partial charge >= 0.3 is 12.3 Å². The van der Waals surface area contributed by atoms with Crippen LogP contribution in [0.4, 0.5) is 23.8 Å². The molecule has 0 unspecified atom stereocenters. The van der Waals surface area contributed by atoms with E-state index in [0.29, 0.717) is 29.9 Å². The second-order valence-electron chi connectivity index (χ2n) is 10.6. The van der Waals surface area contributed by atoms with E-state index in [1.807, 2.05) is 27.7 Å². The second kappa shape index (κ2) is 13.0. The number of aromatic nitrogens is 4. The third kappa shape index (κ3) is 8.57. The maximum Gasteiger partial charge on any atom is 0.416 e. The van der Waals surface area contributed by atoms with Gasteiger partial charge in [0.2, 0.25) is 0 Å². The molecule has 13 heteroatoms. The number of benzene rings is 1. The topological polar surface area (TPSA) is 134 Å². The van der Waals surface area contributed by atoms with Crippen LogP contribution < -0.4 is 10.6 Å². The second-order valence-corrected chi connectivity index (χ2v) is 10.6. The number of carbonyl (C=O) groups is 2. The van der Waals surface area contributed by atoms with E-state index in [2.05, 4.69) is 25.9 Å². The number of hydrogen-bond donors (Lipinski definition) is 4. The predicted octanol–water partition coefficient (Wildman–Crippen LogP) is 4.99. The number of aliphatic hydroxyl groups excluding tert-OH is 1. The fraction of sp³-hybridized carbons (Fsp3) is 0.481. The molecule has 2 heterocycles. The van der Waals surface area contributed by atoms with Gasteiger partial charge in [0, 0.05) is 23.2 Å². The molecule has 0 radical (unpaired) electrons. The van der Waals surface area contributed by atoms with Gasteiger partial charge in [-0.1, -0.05) is 52.7 Å². The highest BCUT2D eigenvalue weighted by Crippen LogP contribution is 2.31. The summed E-state index contributed by atoms with van der Waals surface area (Å²) in [6.45, 7) is 7.76. The number of halogens is 3. The SMILES string of the molecule is CCCC[C@H](NC(=O)O[C@H](Cn1ccc(-c2ccc(C(F)(F)F)cc2)n1)C(C)(C)C)[C@@H](O)C(=O)Nc1ccn[nH]1. The fourth-order valence-corrected chi connectivity index (χ4v) is 3.87. The highest BCUT2D eigenvalue weighted by Gasteiger charge is 2.33. The number of hydrogen-bond acceptors (Lipinski definition) is 6. The highest BCUT2D eigenvalue weighted by atomic mass is 19.4. The van der Waals surface area contributed by atoms with Crippen LogP contribution in [-0.2, 0) is 22.3 Å². The third-order valence-electron chi connectivity index (χ3n) is 6.30. The summed E-state index contributed by atoms with van der Waals surface area (Å²) in [5, 5.41) is 26.6. The first kappa shape index (κ1) is 30.7. The quantitative estimate of drug-likeness (QED) is 0.259. The molecule has 0 bridgehead atoms. The molecule has 2 amide bonds. The van der Waals surface area contributed by atoms with Gasteiger partial charge in [-0.05, 0) is 24.6 Å². The minimum absolute atomic E-state index is 0.167. The van der Waals surface area contributed by atoms with E-state index in [-0.39, 0.29) is 6.54 Å². The summed E-state index contributed by atoms with van der Waals surface area (Å²) in [6, 6.07) is 7.00. The molecule has 2 aromatic heterocycles. The Kier molecular flexibility index (Phi) is 9.96. The first-order valence-corrected chi connectivity index (χ1v) is 12.9. The number of aromatic amines is 1. The van der Waals surface area contributed by atoms with Gasteiger partial charge in [0.1, 0.15) is 11.9 Å². The Labute approximate surface area is 230 Å². The number of unbranched alkanes of at least 4 members (excludes halogenated alkanes) is 1. The van der Waals surface area contributed by atoms with Crippen molar-refractivity contribution in [1.82, 2.24) is 25.3 Å². The maximum atomic E-state index is 12.9. The van der Waals surface area contributed by atoms with Gasteiger partial charge in [-0.15, -0.1) is 0 Å². The molecular formula is C27H35F3N6O4. The number of nitrogens with one attached hydrogen (secondary N) is 3. The minimum Gasteiger partial charge on any atom is -0.444 e. The number of H-pyrrole nitrogens is 1. The van der Waals surface area contributed by atoms with Gasteiger partial charge in [-0.25, -0.2) is 4.79 Å². The number of anilines is 1. The van der Waals surface area contributed by atoms with Gasteiger partial charge in [0.15, 0.2) is 6.10 Å². The molecular weight excluding hydrogens is 529 g/mol. The van der Waals surface area contributed by atoms with E-state index in [1.54, 1.807) is 16.9 Å². The van der Waals surface area contributed by atoms with Crippen LogP contribution in [0.5, 0.6) is 0 Å². The molecule has 0 spiro atoms. The summed E-state index contributed by atoms with van der Waals surface area (Å²) in [6.07, 6.45) is -2.54. The van der Waals surface area contributed by atoms with Crippen molar-refractivity contribution >= 4 is 17.8 Å². The number of nitrogens with zero attached hydrogens (tertiary/aromatic N) is 3. The van der Waals surface area contributed by atoms with E-state index >= 15 is 0 Å². The Bertz CT molecular complexity index is 1240. The molecule has 3 aromatic rings. The molecule has 0 aliphatic carbocycles. The van der Waals surface area contributed by atoms with Crippen LogP contribution in [0, 0.1) is 5.41 Å². The summed E-state index contributed by atoms with van der Waals surface area (Å²) in [7, 11) is 0. The van der Waals surface area contributed by atoms with Gasteiger partial charge < -0.3 is 20.5 Å². The summed E-state index contributed by atoms with van der Waals surface area (Å²) >= 11 is 0. The van der Waals surface area contributed by atoms with E-state index in [0.717, 1.165) is 18.6 Å². The number of alkyl halides is 3. The number of rotatable bonds is 11. The van der Waals surface area contributed by atoms with Crippen molar-refractivity contribution in [1.29, 1.82) is 0 Å². The Morgan fingerprint density at radius 2 is 1.82 bits per heavy atom. The van der Waals surface area contributed by atoms with Gasteiger partial charge in [0.05, 0.1) is 30.0 Å². The number of carbonyl (C=O) groups excluding carboxylic acids is 2. The van der Waals surface area contributed by atoms with Gasteiger partial charge in [-0.3, -0.25) is 14.6 Å². The molecule has 0 saturated carbocycles. The number of ether oxygens (including phenoxy) is 1. The molecule has 3 atom stereocenters. The molecule has 0 fully saturated rings. The molecule has 40 heavy (non-hydrogen) atoms. The van der Waals surface area contributed by atoms with E-state index in [9.17, 15) is 27.9 Å². The average molecular weight is 565 g/mol. The third-order valence-corrected chi connectivity index (χ3v) is 6.30. The Morgan fingerprint density at radius 1 is 1.12 bits per heavy atom. The summed E-state index contributed by atoms with van der Waals surface area (Å²) in [5.41, 5.74) is -0.285. The lowest BCUT2D eigenvalue weighted by molar-refractivity contribution is -0.137. The lowest BCUT2D eigenvalue weighted by Gasteiger charge is -2.31. The Morgan fingerprint density at radius 3 is 2.40 bits per heavy atom. The monoisotopic (exact) mass is 564 g/mol. The standard InChI is InChI=1S/C27H35F3N6O4/c1-5-6-7-20(23(37)24(38)33-22-12-14-31-34-22)32-25(39)40-21(26(2,3)4)16-36-15-13-19(35-36)17-8-10-18(11-9-17)27(28,29)30/h8-15,20-21,23,37H,5-7,16H2,1-4H3,(H,32,39)(H2,31,33,34,38)/t20-,21+,23+/m0/s1. The van der Waals surface area contributed by atoms with Crippen molar-refractivity contribution in [3.63, 3.8) is 0 Å². The van der Waals surface area contributed by atoms with Crippen molar-refractivity contribution in [3.05, 3.63) is 54.4 Å². The first-order chi connectivity index (χ1) is 18.8. The average Bonchev–Trinajstić information content (AvgIpc) is 3.57. The van der Waals surface area contributed by atoms with Crippen LogP contribution >= 0.6 is 0 Å². The summed E-state index contributed by atoms with van der Waals surface area (Å²) in [4.78, 5) is 25.5. The van der Waals surface area contributed by atoms with Crippen molar-refractivity contribution in [3.8, 4) is 11.3 Å². The molecule has 0 aliphatic heterocycles. The Balaban J connectivity index is 1.67. The van der Waals surface area contributed by atoms with Crippen LogP contribution in [0.2, 0.25) is 0 Å². The number of aliphatic hydroxyl groups is 1. The zero-order chi connectivity index (χ0) is 29.5. The summed E-state index contributed by atoms with van der Waals surface area (Å²) < 4.78 is 45.9. The van der Waals surface area contributed by atoms with Crippen LogP contribution in [-0.4, -0.2) is 55.3 Å². The van der Waals surface area contributed by atoms with Crippen molar-refractivity contribution < 1.29 is 32.6 Å². The van der Waals surface area contributed by atoms with Crippen LogP contribution in [0.25, 0.3) is 11.3 Å². The van der Waals surface area contributed by atoms with Crippen molar-refractivity contribution in [2.45, 2.75) is 77.9 Å². The fourth-order valence-electron chi connectivity index (χ4n) is 3.87. The zero-order valence-electron chi connectivity index (χ0n) is 22.8. The van der Waals surface area contributed by atoms with Gasteiger partial charge in [0.25, 0.3) is 5.91 Å². The van der Waals surface area contributed by atoms with Crippen LogP contribution in [0.3, 0.4) is 0 Å². The molecule has 10 nitrogen and oxygen atoms in total. The smallest absolute Gasteiger partial charge is 0.416 e.